The van der Waals surface area contributed by atoms with Crippen molar-refractivity contribution in [3.63, 3.8) is 0 Å². The normalized spacial score (nSPS) is 31.6. The van der Waals surface area contributed by atoms with Gasteiger partial charge >= 0.3 is 0 Å². The second kappa shape index (κ2) is 5.23. The van der Waals surface area contributed by atoms with E-state index in [1.54, 1.807) is 0 Å². The van der Waals surface area contributed by atoms with Gasteiger partial charge in [0.05, 0.1) is 0 Å². The smallest absolute Gasteiger partial charge is 0.0437 e. The molecule has 1 fully saturated rings. The molecule has 0 saturated carbocycles. The lowest BCUT2D eigenvalue weighted by Crippen LogP contribution is -2.45. The lowest BCUT2D eigenvalue weighted by Gasteiger charge is -2.41. The molecule has 1 heterocycles. The summed E-state index contributed by atoms with van der Waals surface area (Å²) in [4.78, 5) is 0. The summed E-state index contributed by atoms with van der Waals surface area (Å²) in [7, 11) is 0. The summed E-state index contributed by atoms with van der Waals surface area (Å²) in [6.07, 6.45) is 4.38. The SMILES string of the molecule is CCC(N)C1(CCO)CCCSC1. The van der Waals surface area contributed by atoms with Crippen molar-refractivity contribution in [3.8, 4) is 0 Å². The number of nitrogens with two attached hydrogens (primary N) is 1. The molecule has 0 amide bonds. The maximum Gasteiger partial charge on any atom is 0.0437 e. The van der Waals surface area contributed by atoms with Crippen molar-refractivity contribution >= 4 is 11.8 Å². The van der Waals surface area contributed by atoms with Crippen LogP contribution in [0.15, 0.2) is 0 Å². The first kappa shape index (κ1) is 11.3. The standard InChI is InChI=1S/C10H21NOS/c1-2-9(11)10(5-6-12)4-3-7-13-8-10/h9,12H,2-8,11H2,1H3. The summed E-state index contributed by atoms with van der Waals surface area (Å²) in [5, 5.41) is 9.06. The van der Waals surface area contributed by atoms with Crippen molar-refractivity contribution in [2.45, 2.75) is 38.6 Å². The van der Waals surface area contributed by atoms with E-state index in [4.69, 9.17) is 10.8 Å². The van der Waals surface area contributed by atoms with Crippen LogP contribution in [-0.2, 0) is 0 Å². The van der Waals surface area contributed by atoms with E-state index in [-0.39, 0.29) is 18.1 Å². The fourth-order valence-electron chi connectivity index (χ4n) is 2.20. The molecule has 78 valence electrons. The van der Waals surface area contributed by atoms with Gasteiger partial charge in [-0.25, -0.2) is 0 Å². The number of hydrogen-bond donors (Lipinski definition) is 2. The Morgan fingerprint density at radius 3 is 2.85 bits per heavy atom. The minimum absolute atomic E-state index is 0.229. The zero-order valence-electron chi connectivity index (χ0n) is 8.46. The Morgan fingerprint density at radius 2 is 2.38 bits per heavy atom. The van der Waals surface area contributed by atoms with Gasteiger partial charge in [0.25, 0.3) is 0 Å². The number of hydrogen-bond acceptors (Lipinski definition) is 3. The number of thioether (sulfide) groups is 1. The number of aliphatic hydroxyl groups is 1. The second-order valence-electron chi connectivity index (χ2n) is 4.01. The Bertz CT molecular complexity index is 140. The largest absolute Gasteiger partial charge is 0.396 e. The van der Waals surface area contributed by atoms with Crippen LogP contribution in [-0.4, -0.2) is 29.3 Å². The van der Waals surface area contributed by atoms with Crippen LogP contribution in [0.25, 0.3) is 0 Å². The first-order valence-corrected chi connectivity index (χ1v) is 6.35. The Labute approximate surface area is 85.3 Å². The van der Waals surface area contributed by atoms with Gasteiger partial charge in [-0.2, -0.15) is 11.8 Å². The molecule has 1 saturated heterocycles. The van der Waals surface area contributed by atoms with Crippen molar-refractivity contribution in [1.82, 2.24) is 0 Å². The third-order valence-electron chi connectivity index (χ3n) is 3.19. The third-order valence-corrected chi connectivity index (χ3v) is 4.55. The third kappa shape index (κ3) is 2.61. The van der Waals surface area contributed by atoms with E-state index in [1.165, 1.54) is 18.6 Å². The number of aliphatic hydroxyl groups excluding tert-OH is 1. The molecular formula is C10H21NOS. The predicted octanol–water partition coefficient (Wildman–Crippen LogP) is 1.62. The number of rotatable bonds is 4. The summed E-state index contributed by atoms with van der Waals surface area (Å²) >= 11 is 1.99. The van der Waals surface area contributed by atoms with E-state index < -0.39 is 0 Å². The van der Waals surface area contributed by atoms with Crippen LogP contribution in [0.3, 0.4) is 0 Å². The Kier molecular flexibility index (Phi) is 4.56. The highest BCUT2D eigenvalue weighted by atomic mass is 32.2. The van der Waals surface area contributed by atoms with E-state index in [0.29, 0.717) is 0 Å². The van der Waals surface area contributed by atoms with Crippen molar-refractivity contribution in [3.05, 3.63) is 0 Å². The van der Waals surface area contributed by atoms with Crippen molar-refractivity contribution in [2.24, 2.45) is 11.1 Å². The van der Waals surface area contributed by atoms with E-state index in [0.717, 1.165) is 18.6 Å². The summed E-state index contributed by atoms with van der Waals surface area (Å²) in [5.74, 6) is 2.41. The molecule has 2 unspecified atom stereocenters. The molecule has 1 aliphatic rings. The summed E-state index contributed by atoms with van der Waals surface area (Å²) in [5.41, 5.74) is 6.37. The molecule has 1 aliphatic heterocycles. The van der Waals surface area contributed by atoms with Crippen LogP contribution in [0, 0.1) is 5.41 Å². The van der Waals surface area contributed by atoms with Gasteiger partial charge in [0.2, 0.25) is 0 Å². The lowest BCUT2D eigenvalue weighted by atomic mass is 9.74. The second-order valence-corrected chi connectivity index (χ2v) is 5.11. The van der Waals surface area contributed by atoms with Crippen LogP contribution in [0.2, 0.25) is 0 Å². The molecule has 0 radical (unpaired) electrons. The molecular weight excluding hydrogens is 182 g/mol. The molecule has 0 aromatic carbocycles. The van der Waals surface area contributed by atoms with Gasteiger partial charge < -0.3 is 10.8 Å². The van der Waals surface area contributed by atoms with E-state index >= 15 is 0 Å². The highest BCUT2D eigenvalue weighted by molar-refractivity contribution is 7.99. The summed E-state index contributed by atoms with van der Waals surface area (Å²) in [6, 6.07) is 0.271. The summed E-state index contributed by atoms with van der Waals surface area (Å²) < 4.78 is 0. The fourth-order valence-corrected chi connectivity index (χ4v) is 3.61. The molecule has 1 rings (SSSR count). The van der Waals surface area contributed by atoms with Gasteiger partial charge in [-0.3, -0.25) is 0 Å². The lowest BCUT2D eigenvalue weighted by molar-refractivity contribution is 0.153. The van der Waals surface area contributed by atoms with Crippen LogP contribution < -0.4 is 5.73 Å². The minimum Gasteiger partial charge on any atom is -0.396 e. The summed E-state index contributed by atoms with van der Waals surface area (Å²) in [6.45, 7) is 2.43. The maximum atomic E-state index is 9.06. The molecule has 13 heavy (non-hydrogen) atoms. The van der Waals surface area contributed by atoms with Gasteiger partial charge in [0.15, 0.2) is 0 Å². The van der Waals surface area contributed by atoms with Crippen molar-refractivity contribution < 1.29 is 5.11 Å². The monoisotopic (exact) mass is 203 g/mol. The molecule has 3 heteroatoms. The van der Waals surface area contributed by atoms with Gasteiger partial charge in [0, 0.05) is 18.4 Å². The van der Waals surface area contributed by atoms with Gasteiger partial charge in [-0.05, 0) is 36.9 Å². The molecule has 3 N–H and O–H groups in total. The highest BCUT2D eigenvalue weighted by Crippen LogP contribution is 2.40. The maximum absolute atomic E-state index is 9.06. The zero-order chi connectivity index (χ0) is 9.73. The average molecular weight is 203 g/mol. The Morgan fingerprint density at radius 1 is 1.62 bits per heavy atom. The highest BCUT2D eigenvalue weighted by Gasteiger charge is 2.36. The average Bonchev–Trinajstić information content (AvgIpc) is 2.18. The van der Waals surface area contributed by atoms with E-state index in [9.17, 15) is 0 Å². The molecule has 0 spiro atoms. The first-order chi connectivity index (χ1) is 6.25. The molecule has 0 aliphatic carbocycles. The molecule has 0 aromatic heterocycles. The zero-order valence-corrected chi connectivity index (χ0v) is 9.28. The van der Waals surface area contributed by atoms with Gasteiger partial charge in [0.1, 0.15) is 0 Å². The molecule has 0 bridgehead atoms. The topological polar surface area (TPSA) is 46.2 Å². The first-order valence-electron chi connectivity index (χ1n) is 5.19. The molecule has 2 nitrogen and oxygen atoms in total. The Balaban J connectivity index is 2.60. The van der Waals surface area contributed by atoms with Crippen LogP contribution in [0.5, 0.6) is 0 Å². The molecule has 0 aromatic rings. The van der Waals surface area contributed by atoms with Crippen molar-refractivity contribution in [1.29, 1.82) is 0 Å². The van der Waals surface area contributed by atoms with Crippen LogP contribution >= 0.6 is 11.8 Å². The van der Waals surface area contributed by atoms with E-state index in [1.807, 2.05) is 11.8 Å². The van der Waals surface area contributed by atoms with Crippen molar-refractivity contribution in [2.75, 3.05) is 18.1 Å². The van der Waals surface area contributed by atoms with Gasteiger partial charge in [-0.15, -0.1) is 0 Å². The Hall–Kier alpha value is 0.270. The van der Waals surface area contributed by atoms with Crippen LogP contribution in [0.4, 0.5) is 0 Å². The fraction of sp³-hybridized carbons (Fsp3) is 1.00. The van der Waals surface area contributed by atoms with Gasteiger partial charge in [-0.1, -0.05) is 6.92 Å². The predicted molar refractivity (Wildman–Crippen MR) is 59.0 cm³/mol. The van der Waals surface area contributed by atoms with E-state index in [2.05, 4.69) is 6.92 Å². The quantitative estimate of drug-likeness (QED) is 0.730. The minimum atomic E-state index is 0.229. The molecule has 2 atom stereocenters. The van der Waals surface area contributed by atoms with Crippen LogP contribution in [0.1, 0.15) is 32.6 Å².